The van der Waals surface area contributed by atoms with E-state index in [9.17, 15) is 13.2 Å². The molecule has 0 saturated heterocycles. The highest BCUT2D eigenvalue weighted by Gasteiger charge is 2.37. The van der Waals surface area contributed by atoms with Crippen molar-refractivity contribution in [3.8, 4) is 0 Å². The van der Waals surface area contributed by atoms with Crippen molar-refractivity contribution < 1.29 is 13.2 Å². The van der Waals surface area contributed by atoms with E-state index >= 15 is 0 Å². The third-order valence-electron chi connectivity index (χ3n) is 2.83. The van der Waals surface area contributed by atoms with Gasteiger partial charge in [-0.25, -0.2) is 0 Å². The molecular weight excluding hydrogens is 251 g/mol. The summed E-state index contributed by atoms with van der Waals surface area (Å²) in [6, 6.07) is 5.91. The zero-order valence-electron chi connectivity index (χ0n) is 9.17. The molecule has 0 heterocycles. The standard InChI is InChI=1S/C12H13ClF3N/c13-7-8-17(9-5-6-9)11-4-2-1-3-10(11)12(14,15)16/h1-4,9H,5-8H2. The van der Waals surface area contributed by atoms with Crippen LogP contribution in [0, 0.1) is 0 Å². The third-order valence-corrected chi connectivity index (χ3v) is 3.00. The van der Waals surface area contributed by atoms with E-state index in [1.165, 1.54) is 12.1 Å². The van der Waals surface area contributed by atoms with E-state index in [0.29, 0.717) is 12.4 Å². The van der Waals surface area contributed by atoms with E-state index in [4.69, 9.17) is 11.6 Å². The highest BCUT2D eigenvalue weighted by molar-refractivity contribution is 6.18. The van der Waals surface area contributed by atoms with Crippen LogP contribution in [0.5, 0.6) is 0 Å². The zero-order valence-corrected chi connectivity index (χ0v) is 9.93. The number of hydrogen-bond donors (Lipinski definition) is 0. The molecule has 0 atom stereocenters. The predicted molar refractivity (Wildman–Crippen MR) is 62.5 cm³/mol. The summed E-state index contributed by atoms with van der Waals surface area (Å²) < 4.78 is 38.6. The highest BCUT2D eigenvalue weighted by Crippen LogP contribution is 2.40. The number of anilines is 1. The molecule has 0 bridgehead atoms. The van der Waals surface area contributed by atoms with Crippen molar-refractivity contribution in [1.29, 1.82) is 0 Å². The number of rotatable bonds is 4. The Morgan fingerprint density at radius 2 is 1.88 bits per heavy atom. The number of nitrogens with zero attached hydrogens (tertiary/aromatic N) is 1. The van der Waals surface area contributed by atoms with Gasteiger partial charge in [0.15, 0.2) is 0 Å². The maximum absolute atomic E-state index is 12.9. The molecule has 1 saturated carbocycles. The van der Waals surface area contributed by atoms with E-state index in [2.05, 4.69) is 0 Å². The second-order valence-electron chi connectivity index (χ2n) is 4.13. The average molecular weight is 264 g/mol. The number of hydrogen-bond acceptors (Lipinski definition) is 1. The van der Waals surface area contributed by atoms with Crippen LogP contribution in [0.3, 0.4) is 0 Å². The van der Waals surface area contributed by atoms with Gasteiger partial charge in [-0.1, -0.05) is 12.1 Å². The van der Waals surface area contributed by atoms with Gasteiger partial charge in [0.25, 0.3) is 0 Å². The summed E-state index contributed by atoms with van der Waals surface area (Å²) in [6.45, 7) is 0.458. The van der Waals surface area contributed by atoms with Crippen LogP contribution in [0.25, 0.3) is 0 Å². The van der Waals surface area contributed by atoms with Crippen molar-refractivity contribution in [3.05, 3.63) is 29.8 Å². The average Bonchev–Trinajstić information content (AvgIpc) is 3.08. The van der Waals surface area contributed by atoms with E-state index in [-0.39, 0.29) is 11.7 Å². The fourth-order valence-corrected chi connectivity index (χ4v) is 2.12. The summed E-state index contributed by atoms with van der Waals surface area (Å²) in [7, 11) is 0. The number of benzene rings is 1. The molecule has 1 aliphatic rings. The first-order valence-corrected chi connectivity index (χ1v) is 6.06. The SMILES string of the molecule is FC(F)(F)c1ccccc1N(CCCl)C1CC1. The lowest BCUT2D eigenvalue weighted by atomic mass is 10.1. The number of halogens is 4. The first kappa shape index (κ1) is 12.6. The van der Waals surface area contributed by atoms with Crippen LogP contribution >= 0.6 is 11.6 Å². The molecule has 17 heavy (non-hydrogen) atoms. The Hall–Kier alpha value is -0.900. The Balaban J connectivity index is 2.35. The maximum Gasteiger partial charge on any atom is 0.418 e. The quantitative estimate of drug-likeness (QED) is 0.745. The Kier molecular flexibility index (Phi) is 3.52. The van der Waals surface area contributed by atoms with Crippen LogP contribution in [0.1, 0.15) is 18.4 Å². The molecule has 1 fully saturated rings. The fraction of sp³-hybridized carbons (Fsp3) is 0.500. The molecule has 1 aromatic carbocycles. The third kappa shape index (κ3) is 2.86. The van der Waals surface area contributed by atoms with Gasteiger partial charge in [-0.05, 0) is 25.0 Å². The van der Waals surface area contributed by atoms with Gasteiger partial charge >= 0.3 is 6.18 Å². The van der Waals surface area contributed by atoms with Crippen LogP contribution < -0.4 is 4.90 Å². The van der Waals surface area contributed by atoms with Gasteiger partial charge in [0, 0.05) is 24.2 Å². The molecule has 0 spiro atoms. The van der Waals surface area contributed by atoms with Crippen LogP contribution in [0.4, 0.5) is 18.9 Å². The summed E-state index contributed by atoms with van der Waals surface area (Å²) in [5.74, 6) is 0.336. The van der Waals surface area contributed by atoms with Crippen molar-refractivity contribution in [2.45, 2.75) is 25.1 Å². The summed E-state index contributed by atoms with van der Waals surface area (Å²) in [4.78, 5) is 1.77. The molecule has 1 nitrogen and oxygen atoms in total. The minimum atomic E-state index is -4.31. The van der Waals surface area contributed by atoms with E-state index in [1.807, 2.05) is 0 Å². The summed E-state index contributed by atoms with van der Waals surface area (Å²) in [6.07, 6.45) is -2.41. The molecule has 2 rings (SSSR count). The van der Waals surface area contributed by atoms with E-state index in [0.717, 1.165) is 18.9 Å². The molecule has 0 aromatic heterocycles. The van der Waals surface area contributed by atoms with Gasteiger partial charge < -0.3 is 4.90 Å². The normalized spacial score (nSPS) is 16.0. The monoisotopic (exact) mass is 263 g/mol. The molecule has 0 unspecified atom stereocenters. The van der Waals surface area contributed by atoms with Gasteiger partial charge in [-0.3, -0.25) is 0 Å². The molecule has 94 valence electrons. The first-order valence-electron chi connectivity index (χ1n) is 5.53. The lowest BCUT2D eigenvalue weighted by Crippen LogP contribution is -2.30. The van der Waals surface area contributed by atoms with Crippen LogP contribution in [0.2, 0.25) is 0 Å². The van der Waals surface area contributed by atoms with Crippen molar-refractivity contribution in [1.82, 2.24) is 0 Å². The van der Waals surface area contributed by atoms with Crippen molar-refractivity contribution >= 4 is 17.3 Å². The Labute approximate surface area is 103 Å². The predicted octanol–water partition coefficient (Wildman–Crippen LogP) is 3.91. The molecule has 0 aliphatic heterocycles. The second-order valence-corrected chi connectivity index (χ2v) is 4.51. The zero-order chi connectivity index (χ0) is 12.5. The van der Waals surface area contributed by atoms with Crippen LogP contribution in [-0.2, 0) is 6.18 Å². The lowest BCUT2D eigenvalue weighted by Gasteiger charge is -2.26. The fourth-order valence-electron chi connectivity index (χ4n) is 1.94. The topological polar surface area (TPSA) is 3.24 Å². The smallest absolute Gasteiger partial charge is 0.367 e. The van der Waals surface area contributed by atoms with Gasteiger partial charge in [0.1, 0.15) is 0 Å². The molecule has 0 N–H and O–H groups in total. The minimum absolute atomic E-state index is 0.220. The Bertz CT molecular complexity index is 388. The van der Waals surface area contributed by atoms with Gasteiger partial charge in [-0.15, -0.1) is 11.6 Å². The molecule has 5 heteroatoms. The molecular formula is C12H13ClF3N. The lowest BCUT2D eigenvalue weighted by molar-refractivity contribution is -0.137. The first-order chi connectivity index (χ1) is 8.04. The number of para-hydroxylation sites is 1. The largest absolute Gasteiger partial charge is 0.418 e. The Morgan fingerprint density at radius 1 is 1.24 bits per heavy atom. The van der Waals surface area contributed by atoms with Crippen molar-refractivity contribution in [2.75, 3.05) is 17.3 Å². The van der Waals surface area contributed by atoms with Gasteiger partial charge in [0.2, 0.25) is 0 Å². The number of alkyl halides is 4. The molecule has 1 aromatic rings. The summed E-state index contributed by atoms with van der Waals surface area (Å²) in [5.41, 5.74) is -0.319. The van der Waals surface area contributed by atoms with Crippen molar-refractivity contribution in [3.63, 3.8) is 0 Å². The second kappa shape index (κ2) is 4.77. The van der Waals surface area contributed by atoms with Crippen molar-refractivity contribution in [2.24, 2.45) is 0 Å². The minimum Gasteiger partial charge on any atom is -0.367 e. The van der Waals surface area contributed by atoms with Crippen LogP contribution in [0.15, 0.2) is 24.3 Å². The molecule has 0 radical (unpaired) electrons. The van der Waals surface area contributed by atoms with E-state index < -0.39 is 11.7 Å². The molecule has 0 amide bonds. The Morgan fingerprint density at radius 3 is 2.41 bits per heavy atom. The molecule has 1 aliphatic carbocycles. The summed E-state index contributed by atoms with van der Waals surface area (Å²) >= 11 is 5.66. The summed E-state index contributed by atoms with van der Waals surface area (Å²) in [5, 5.41) is 0. The van der Waals surface area contributed by atoms with E-state index in [1.54, 1.807) is 11.0 Å². The maximum atomic E-state index is 12.9. The van der Waals surface area contributed by atoms with Gasteiger partial charge in [0.05, 0.1) is 5.56 Å². The van der Waals surface area contributed by atoms with Gasteiger partial charge in [-0.2, -0.15) is 13.2 Å². The van der Waals surface area contributed by atoms with Crippen LogP contribution in [-0.4, -0.2) is 18.5 Å². The highest BCUT2D eigenvalue weighted by atomic mass is 35.5.